The lowest BCUT2D eigenvalue weighted by Crippen LogP contribution is -1.99. The Balaban J connectivity index is 2.72. The van der Waals surface area contributed by atoms with Crippen LogP contribution in [0, 0.1) is 0 Å². The number of hydrogen-bond donors (Lipinski definition) is 0. The first-order chi connectivity index (χ1) is 7.48. The van der Waals surface area contributed by atoms with Crippen molar-refractivity contribution in [3.63, 3.8) is 0 Å². The van der Waals surface area contributed by atoms with Gasteiger partial charge in [0.05, 0.1) is 11.2 Å². The van der Waals surface area contributed by atoms with Gasteiger partial charge in [0.1, 0.15) is 5.76 Å². The second-order valence-electron chi connectivity index (χ2n) is 3.39. The third-order valence-corrected chi connectivity index (χ3v) is 3.76. The normalized spacial score (nSPS) is 11.6. The fourth-order valence-corrected chi connectivity index (χ4v) is 2.86. The van der Waals surface area contributed by atoms with E-state index in [1.807, 2.05) is 0 Å². The molecule has 0 saturated carbocycles. The fraction of sp³-hybridized carbons (Fsp3) is 0.0909. The molecule has 0 atom stereocenters. The highest BCUT2D eigenvalue weighted by molar-refractivity contribution is 9.10. The van der Waals surface area contributed by atoms with Crippen molar-refractivity contribution in [1.29, 1.82) is 0 Å². The second kappa shape index (κ2) is 4.07. The smallest absolute Gasteiger partial charge is 0.176 e. The van der Waals surface area contributed by atoms with E-state index in [0.717, 1.165) is 4.47 Å². The average molecular weight is 301 g/mol. The molecule has 0 aliphatic heterocycles. The Morgan fingerprint density at radius 2 is 2.00 bits per heavy atom. The highest BCUT2D eigenvalue weighted by Crippen LogP contribution is 2.30. The van der Waals surface area contributed by atoms with Crippen molar-refractivity contribution in [1.82, 2.24) is 0 Å². The first-order valence-electron chi connectivity index (χ1n) is 4.52. The molecule has 0 radical (unpaired) electrons. The van der Waals surface area contributed by atoms with Gasteiger partial charge < -0.3 is 4.42 Å². The molecule has 0 fully saturated rings. The second-order valence-corrected chi connectivity index (χ2v) is 6.29. The van der Waals surface area contributed by atoms with Gasteiger partial charge in [0.2, 0.25) is 0 Å². The zero-order valence-corrected chi connectivity index (χ0v) is 10.9. The molecule has 0 aliphatic rings. The van der Waals surface area contributed by atoms with Crippen LogP contribution in [0.3, 0.4) is 0 Å². The molecule has 5 heteroatoms. The van der Waals surface area contributed by atoms with Crippen LogP contribution in [-0.4, -0.2) is 14.7 Å². The molecule has 3 nitrogen and oxygen atoms in total. The zero-order valence-electron chi connectivity index (χ0n) is 8.48. The number of rotatable bonds is 2. The monoisotopic (exact) mass is 300 g/mol. The molecular formula is C11H9BrO3S. The Hall–Kier alpha value is -1.07. The van der Waals surface area contributed by atoms with Gasteiger partial charge in [-0.05, 0) is 30.3 Å². The number of benzene rings is 1. The molecule has 1 heterocycles. The number of hydrogen-bond acceptors (Lipinski definition) is 3. The number of furan rings is 1. The lowest BCUT2D eigenvalue weighted by Gasteiger charge is -2.05. The van der Waals surface area contributed by atoms with Crippen molar-refractivity contribution in [3.05, 3.63) is 41.1 Å². The first kappa shape index (κ1) is 11.4. The molecule has 2 rings (SSSR count). The maximum atomic E-state index is 11.6. The summed E-state index contributed by atoms with van der Waals surface area (Å²) in [6.45, 7) is 0. The van der Waals surface area contributed by atoms with Gasteiger partial charge in [0.25, 0.3) is 0 Å². The summed E-state index contributed by atoms with van der Waals surface area (Å²) in [6, 6.07) is 8.54. The SMILES string of the molecule is CS(=O)(=O)c1cc(Br)ccc1-c1ccco1. The number of halogens is 1. The summed E-state index contributed by atoms with van der Waals surface area (Å²) in [5.41, 5.74) is 0.579. The predicted octanol–water partition coefficient (Wildman–Crippen LogP) is 3.11. The van der Waals surface area contributed by atoms with Gasteiger partial charge in [-0.2, -0.15) is 0 Å². The molecule has 0 N–H and O–H groups in total. The van der Waals surface area contributed by atoms with Gasteiger partial charge in [-0.15, -0.1) is 0 Å². The highest BCUT2D eigenvalue weighted by Gasteiger charge is 2.16. The summed E-state index contributed by atoms with van der Waals surface area (Å²) < 4.78 is 29.2. The Labute approximate surface area is 102 Å². The highest BCUT2D eigenvalue weighted by atomic mass is 79.9. The minimum Gasteiger partial charge on any atom is -0.464 e. The van der Waals surface area contributed by atoms with E-state index in [1.54, 1.807) is 30.3 Å². The Morgan fingerprint density at radius 1 is 1.25 bits per heavy atom. The topological polar surface area (TPSA) is 47.3 Å². The standard InChI is InChI=1S/C11H9BrO3S/c1-16(13,14)11-7-8(12)4-5-9(11)10-3-2-6-15-10/h2-7H,1H3. The maximum absolute atomic E-state index is 11.6. The minimum absolute atomic E-state index is 0.261. The Morgan fingerprint density at radius 3 is 2.56 bits per heavy atom. The molecule has 0 bridgehead atoms. The predicted molar refractivity (Wildman–Crippen MR) is 65.0 cm³/mol. The van der Waals surface area contributed by atoms with Crippen molar-refractivity contribution >= 4 is 25.8 Å². The van der Waals surface area contributed by atoms with Crippen molar-refractivity contribution in [2.45, 2.75) is 4.90 Å². The average Bonchev–Trinajstić information content (AvgIpc) is 2.69. The maximum Gasteiger partial charge on any atom is 0.176 e. The van der Waals surface area contributed by atoms with Crippen LogP contribution in [0.15, 0.2) is 50.4 Å². The molecular weight excluding hydrogens is 292 g/mol. The lowest BCUT2D eigenvalue weighted by atomic mass is 10.2. The molecule has 1 aromatic carbocycles. The summed E-state index contributed by atoms with van der Waals surface area (Å²) in [7, 11) is -3.27. The minimum atomic E-state index is -3.27. The zero-order chi connectivity index (χ0) is 11.8. The molecule has 2 aromatic rings. The lowest BCUT2D eigenvalue weighted by molar-refractivity contribution is 0.578. The van der Waals surface area contributed by atoms with Crippen LogP contribution in [0.2, 0.25) is 0 Å². The molecule has 0 amide bonds. The van der Waals surface area contributed by atoms with Gasteiger partial charge in [-0.25, -0.2) is 8.42 Å². The van der Waals surface area contributed by atoms with Gasteiger partial charge in [0.15, 0.2) is 9.84 Å². The number of sulfone groups is 1. The molecule has 0 spiro atoms. The van der Waals surface area contributed by atoms with Crippen LogP contribution in [0.5, 0.6) is 0 Å². The van der Waals surface area contributed by atoms with E-state index in [1.165, 1.54) is 12.5 Å². The van der Waals surface area contributed by atoms with E-state index in [4.69, 9.17) is 4.42 Å². The third-order valence-electron chi connectivity index (χ3n) is 2.13. The quantitative estimate of drug-likeness (QED) is 0.856. The molecule has 16 heavy (non-hydrogen) atoms. The summed E-state index contributed by atoms with van der Waals surface area (Å²) in [5.74, 6) is 0.549. The Kier molecular flexibility index (Phi) is 2.90. The van der Waals surface area contributed by atoms with Crippen LogP contribution < -0.4 is 0 Å². The van der Waals surface area contributed by atoms with Crippen molar-refractivity contribution < 1.29 is 12.8 Å². The molecule has 1 aromatic heterocycles. The summed E-state index contributed by atoms with van der Waals surface area (Å²) in [5, 5.41) is 0. The third kappa shape index (κ3) is 2.20. The summed E-state index contributed by atoms with van der Waals surface area (Å²) >= 11 is 3.26. The molecule has 84 valence electrons. The Bertz CT molecular complexity index is 600. The molecule has 0 saturated heterocycles. The van der Waals surface area contributed by atoms with Gasteiger partial charge in [-0.1, -0.05) is 15.9 Å². The van der Waals surface area contributed by atoms with E-state index in [-0.39, 0.29) is 4.90 Å². The molecule has 0 aliphatic carbocycles. The van der Waals surface area contributed by atoms with E-state index < -0.39 is 9.84 Å². The van der Waals surface area contributed by atoms with Crippen LogP contribution in [0.25, 0.3) is 11.3 Å². The van der Waals surface area contributed by atoms with Crippen LogP contribution in [-0.2, 0) is 9.84 Å². The van der Waals surface area contributed by atoms with E-state index in [9.17, 15) is 8.42 Å². The van der Waals surface area contributed by atoms with Crippen LogP contribution in [0.1, 0.15) is 0 Å². The molecule has 0 unspecified atom stereocenters. The summed E-state index contributed by atoms with van der Waals surface area (Å²) in [4.78, 5) is 0.261. The van der Waals surface area contributed by atoms with Crippen LogP contribution in [0.4, 0.5) is 0 Å². The first-order valence-corrected chi connectivity index (χ1v) is 7.20. The van der Waals surface area contributed by atoms with Crippen molar-refractivity contribution in [3.8, 4) is 11.3 Å². The van der Waals surface area contributed by atoms with Gasteiger partial charge in [0, 0.05) is 16.3 Å². The van der Waals surface area contributed by atoms with E-state index >= 15 is 0 Å². The van der Waals surface area contributed by atoms with Crippen LogP contribution >= 0.6 is 15.9 Å². The van der Waals surface area contributed by atoms with E-state index in [2.05, 4.69) is 15.9 Å². The van der Waals surface area contributed by atoms with Gasteiger partial charge >= 0.3 is 0 Å². The van der Waals surface area contributed by atoms with E-state index in [0.29, 0.717) is 11.3 Å². The fourth-order valence-electron chi connectivity index (χ4n) is 1.44. The van der Waals surface area contributed by atoms with Crippen molar-refractivity contribution in [2.24, 2.45) is 0 Å². The van der Waals surface area contributed by atoms with Gasteiger partial charge in [-0.3, -0.25) is 0 Å². The largest absolute Gasteiger partial charge is 0.464 e. The van der Waals surface area contributed by atoms with Crippen molar-refractivity contribution in [2.75, 3.05) is 6.26 Å². The summed E-state index contributed by atoms with van der Waals surface area (Å²) in [6.07, 6.45) is 2.70.